The molecule has 45 heavy (non-hydrogen) atoms. The first-order valence-electron chi connectivity index (χ1n) is 13.7. The van der Waals surface area contributed by atoms with Gasteiger partial charge in [-0.3, -0.25) is 9.59 Å². The zero-order chi connectivity index (χ0) is 32.8. The molecule has 4 aromatic rings. The van der Waals surface area contributed by atoms with Gasteiger partial charge < -0.3 is 26.5 Å². The minimum Gasteiger partial charge on any atom is -0.459 e. The van der Waals surface area contributed by atoms with Gasteiger partial charge in [-0.25, -0.2) is 4.98 Å². The van der Waals surface area contributed by atoms with Gasteiger partial charge >= 0.3 is 12.2 Å². The summed E-state index contributed by atoms with van der Waals surface area (Å²) in [5.41, 5.74) is 5.07. The third-order valence-electron chi connectivity index (χ3n) is 6.85. The van der Waals surface area contributed by atoms with Gasteiger partial charge in [0.25, 0.3) is 5.91 Å². The topological polar surface area (TPSA) is 143 Å². The number of alkyl halides is 3. The molecule has 1 atom stereocenters. The number of aromatic nitrogens is 2. The number of primary amides is 1. The number of hydrogen-bond donors (Lipinski definition) is 4. The smallest absolute Gasteiger partial charge is 0.416 e. The number of nitrogens with one attached hydrogen (secondary N) is 3. The largest absolute Gasteiger partial charge is 0.459 e. The summed E-state index contributed by atoms with van der Waals surface area (Å²) in [6, 6.07) is 20.5. The van der Waals surface area contributed by atoms with Crippen LogP contribution in [0.3, 0.4) is 0 Å². The summed E-state index contributed by atoms with van der Waals surface area (Å²) < 4.78 is 45.1. The van der Waals surface area contributed by atoms with Gasteiger partial charge in [-0.1, -0.05) is 66.2 Å². The van der Waals surface area contributed by atoms with E-state index in [1.807, 2.05) is 30.3 Å². The molecule has 2 amide bonds. The molecule has 4 rings (SSSR count). The summed E-state index contributed by atoms with van der Waals surface area (Å²) in [7, 11) is 0. The molecule has 0 aliphatic heterocycles. The average molecular weight is 639 g/mol. The molecule has 234 valence electrons. The van der Waals surface area contributed by atoms with Crippen LogP contribution in [0.1, 0.15) is 52.4 Å². The lowest BCUT2D eigenvalue weighted by atomic mass is 9.90. The maximum atomic E-state index is 13.3. The van der Waals surface area contributed by atoms with E-state index in [1.54, 1.807) is 24.3 Å². The Morgan fingerprint density at radius 3 is 2.36 bits per heavy atom. The fourth-order valence-corrected chi connectivity index (χ4v) is 4.36. The Bertz CT molecular complexity index is 1680. The molecule has 1 unspecified atom stereocenters. The highest BCUT2D eigenvalue weighted by molar-refractivity contribution is 6.30. The minimum atomic E-state index is -4.52. The van der Waals surface area contributed by atoms with E-state index >= 15 is 0 Å². The van der Waals surface area contributed by atoms with E-state index in [2.05, 4.69) is 20.6 Å². The van der Waals surface area contributed by atoms with E-state index in [1.165, 1.54) is 32.2 Å². The van der Waals surface area contributed by atoms with Crippen LogP contribution in [-0.4, -0.2) is 39.6 Å². The zero-order valence-corrected chi connectivity index (χ0v) is 25.0. The second-order valence-corrected chi connectivity index (χ2v) is 11.0. The van der Waals surface area contributed by atoms with Crippen LogP contribution in [0.4, 0.5) is 19.0 Å². The number of benzene rings is 3. The average Bonchev–Trinajstić information content (AvgIpc) is 3.00. The highest BCUT2D eigenvalue weighted by atomic mass is 35.5. The molecule has 1 heterocycles. The molecule has 13 heteroatoms. The predicted octanol–water partition coefficient (Wildman–Crippen LogP) is 5.99. The van der Waals surface area contributed by atoms with Crippen molar-refractivity contribution >= 4 is 34.9 Å². The Morgan fingerprint density at radius 1 is 1.02 bits per heavy atom. The van der Waals surface area contributed by atoms with Gasteiger partial charge in [0.15, 0.2) is 0 Å². The maximum Gasteiger partial charge on any atom is 0.416 e. The Balaban J connectivity index is 1.65. The van der Waals surface area contributed by atoms with Crippen molar-refractivity contribution in [1.82, 2.24) is 15.3 Å². The summed E-state index contributed by atoms with van der Waals surface area (Å²) in [5.74, 6) is -2.00. The SMILES string of the molecule is CC(C)(NC(=O)c1cnc(OCc2cccc(C(F)(F)F)c2)nc1NCC(C(=N)c1ccc(Cl)cc1)c1ccccc1)C(N)=O. The lowest BCUT2D eigenvalue weighted by Crippen LogP contribution is -2.53. The lowest BCUT2D eigenvalue weighted by Gasteiger charge is -2.24. The number of anilines is 1. The van der Waals surface area contributed by atoms with Crippen LogP contribution in [-0.2, 0) is 17.6 Å². The predicted molar refractivity (Wildman–Crippen MR) is 165 cm³/mol. The summed E-state index contributed by atoms with van der Waals surface area (Å²) in [4.78, 5) is 33.5. The van der Waals surface area contributed by atoms with Crippen molar-refractivity contribution in [3.63, 3.8) is 0 Å². The first-order valence-corrected chi connectivity index (χ1v) is 14.0. The molecule has 0 radical (unpaired) electrons. The van der Waals surface area contributed by atoms with E-state index in [0.717, 1.165) is 17.7 Å². The Morgan fingerprint density at radius 2 is 1.71 bits per heavy atom. The van der Waals surface area contributed by atoms with Crippen LogP contribution in [0, 0.1) is 5.41 Å². The van der Waals surface area contributed by atoms with Crippen LogP contribution < -0.4 is 21.1 Å². The second-order valence-electron chi connectivity index (χ2n) is 10.6. The van der Waals surface area contributed by atoms with E-state index in [0.29, 0.717) is 10.6 Å². The summed E-state index contributed by atoms with van der Waals surface area (Å²) in [6.07, 6.45) is -3.35. The summed E-state index contributed by atoms with van der Waals surface area (Å²) >= 11 is 6.05. The first kappa shape index (κ1) is 32.9. The number of hydrogen-bond acceptors (Lipinski definition) is 7. The molecule has 0 saturated heterocycles. The second kappa shape index (κ2) is 13.8. The van der Waals surface area contributed by atoms with Gasteiger partial charge in [0.1, 0.15) is 23.5 Å². The fraction of sp³-hybridized carbons (Fsp3) is 0.219. The molecule has 3 aromatic carbocycles. The van der Waals surface area contributed by atoms with Gasteiger partial charge in [-0.15, -0.1) is 0 Å². The van der Waals surface area contributed by atoms with Crippen molar-refractivity contribution < 1.29 is 27.5 Å². The third kappa shape index (κ3) is 8.57. The molecule has 0 saturated carbocycles. The molecule has 1 aromatic heterocycles. The van der Waals surface area contributed by atoms with Gasteiger partial charge in [-0.05, 0) is 54.8 Å². The number of nitrogens with zero attached hydrogens (tertiary/aromatic N) is 2. The Hall–Kier alpha value is -4.97. The van der Waals surface area contributed by atoms with Crippen molar-refractivity contribution in [2.24, 2.45) is 5.73 Å². The molecule has 0 aliphatic rings. The van der Waals surface area contributed by atoms with Crippen LogP contribution >= 0.6 is 11.6 Å². The fourth-order valence-electron chi connectivity index (χ4n) is 4.24. The van der Waals surface area contributed by atoms with Crippen molar-refractivity contribution in [3.05, 3.63) is 118 Å². The summed E-state index contributed by atoms with van der Waals surface area (Å²) in [6.45, 7) is 2.69. The van der Waals surface area contributed by atoms with Crippen LogP contribution in [0.2, 0.25) is 5.02 Å². The number of carbonyl (C=O) groups excluding carboxylic acids is 2. The van der Waals surface area contributed by atoms with Gasteiger partial charge in [0.05, 0.1) is 5.56 Å². The molecule has 0 spiro atoms. The Labute approximate surface area is 262 Å². The van der Waals surface area contributed by atoms with E-state index in [-0.39, 0.29) is 41.8 Å². The molecule has 9 nitrogen and oxygen atoms in total. The van der Waals surface area contributed by atoms with Gasteiger partial charge in [0.2, 0.25) is 5.91 Å². The van der Waals surface area contributed by atoms with Crippen molar-refractivity contribution in [2.75, 3.05) is 11.9 Å². The molecule has 0 fully saturated rings. The molecule has 0 bridgehead atoms. The Kier molecular flexibility index (Phi) is 10.1. The molecule has 5 N–H and O–H groups in total. The van der Waals surface area contributed by atoms with Gasteiger partial charge in [-0.2, -0.15) is 18.2 Å². The quantitative estimate of drug-likeness (QED) is 0.141. The van der Waals surface area contributed by atoms with Crippen LogP contribution in [0.15, 0.2) is 85.1 Å². The van der Waals surface area contributed by atoms with Crippen molar-refractivity contribution in [1.29, 1.82) is 5.41 Å². The highest BCUT2D eigenvalue weighted by Gasteiger charge is 2.31. The maximum absolute atomic E-state index is 13.3. The number of ether oxygens (including phenoxy) is 1. The number of rotatable bonds is 12. The van der Waals surface area contributed by atoms with Crippen molar-refractivity contribution in [2.45, 2.75) is 38.1 Å². The highest BCUT2D eigenvalue weighted by Crippen LogP contribution is 2.30. The van der Waals surface area contributed by atoms with Crippen molar-refractivity contribution in [3.8, 4) is 6.01 Å². The van der Waals surface area contributed by atoms with Crippen LogP contribution in [0.25, 0.3) is 0 Å². The molecular weight excluding hydrogens is 609 g/mol. The number of nitrogens with two attached hydrogens (primary N) is 1. The molecule has 0 aliphatic carbocycles. The van der Waals surface area contributed by atoms with E-state index < -0.39 is 35.0 Å². The summed E-state index contributed by atoms with van der Waals surface area (Å²) in [5, 5.41) is 15.2. The first-order chi connectivity index (χ1) is 21.2. The lowest BCUT2D eigenvalue weighted by molar-refractivity contribution is -0.137. The number of amides is 2. The minimum absolute atomic E-state index is 0.00616. The zero-order valence-electron chi connectivity index (χ0n) is 24.3. The van der Waals surface area contributed by atoms with Gasteiger partial charge in [0, 0.05) is 29.4 Å². The third-order valence-corrected chi connectivity index (χ3v) is 7.11. The van der Waals surface area contributed by atoms with E-state index in [9.17, 15) is 22.8 Å². The standard InChI is InChI=1S/C32H30ClF3N6O3/c1-31(2,29(38)44)42-28(43)25-17-40-30(45-18-19-7-6-10-22(15-19)32(34,35)36)41-27(25)39-16-24(20-8-4-3-5-9-20)26(37)21-11-13-23(33)14-12-21/h3-15,17,24,37H,16,18H2,1-2H3,(H2,38,44)(H,42,43)(H,39,40,41). The normalized spacial score (nSPS) is 12.2. The van der Waals surface area contributed by atoms with E-state index in [4.69, 9.17) is 27.5 Å². The number of halogens is 4. The van der Waals surface area contributed by atoms with Crippen LogP contribution in [0.5, 0.6) is 6.01 Å². The molecular formula is C32H30ClF3N6O3. The monoisotopic (exact) mass is 638 g/mol. The number of carbonyl (C=O) groups is 2.